The fraction of sp³-hybridized carbons (Fsp3) is 0.333. The van der Waals surface area contributed by atoms with Gasteiger partial charge in [0.25, 0.3) is 0 Å². The first-order valence-electron chi connectivity index (χ1n) is 5.46. The number of para-hydroxylation sites is 1. The molecule has 1 heterocycles. The Labute approximate surface area is 99.6 Å². The van der Waals surface area contributed by atoms with E-state index in [1.165, 1.54) is 0 Å². The normalized spacial score (nSPS) is 19.0. The number of primary amides is 1. The van der Waals surface area contributed by atoms with Crippen LogP contribution in [0.1, 0.15) is 12.0 Å². The molecule has 88 valence electrons. The number of carbonyl (C=O) groups excluding carboxylic acids is 1. The molecule has 1 fully saturated rings. The summed E-state index contributed by atoms with van der Waals surface area (Å²) in [6.07, 6.45) is 0.742. The number of hydrogen-bond acceptors (Lipinski definition) is 4. The maximum atomic E-state index is 11.1. The molecule has 0 saturated carbocycles. The highest BCUT2D eigenvalue weighted by Crippen LogP contribution is 2.30. The Morgan fingerprint density at radius 2 is 2.29 bits per heavy atom. The number of benzene rings is 1. The molecule has 1 aromatic rings. The maximum absolute atomic E-state index is 11.1. The lowest BCUT2D eigenvalue weighted by atomic mass is 10.1. The smallest absolute Gasteiger partial charge is 0.222 e. The van der Waals surface area contributed by atoms with Crippen LogP contribution >= 0.6 is 0 Å². The molecule has 5 heteroatoms. The predicted molar refractivity (Wildman–Crippen MR) is 65.1 cm³/mol. The van der Waals surface area contributed by atoms with Gasteiger partial charge in [-0.3, -0.25) is 4.79 Å². The van der Waals surface area contributed by atoms with Crippen molar-refractivity contribution in [2.75, 3.05) is 23.7 Å². The monoisotopic (exact) mass is 230 g/mol. The summed E-state index contributed by atoms with van der Waals surface area (Å²) in [6.45, 7) is 1.32. The van der Waals surface area contributed by atoms with Gasteiger partial charge in [-0.05, 0) is 18.6 Å². The molecular weight excluding hydrogens is 216 g/mol. The second-order valence-corrected chi connectivity index (χ2v) is 4.18. The Hall–Kier alpha value is -2.22. The third-order valence-electron chi connectivity index (χ3n) is 3.13. The van der Waals surface area contributed by atoms with E-state index < -0.39 is 0 Å². The Morgan fingerprint density at radius 3 is 2.88 bits per heavy atom. The number of nitrogens with two attached hydrogens (primary N) is 2. The molecular formula is C12H14N4O. The van der Waals surface area contributed by atoms with Crippen LogP contribution in [0, 0.1) is 17.2 Å². The molecule has 1 aliphatic heterocycles. The fourth-order valence-electron chi connectivity index (χ4n) is 2.14. The quantitative estimate of drug-likeness (QED) is 0.721. The number of nitrogen functional groups attached to an aromatic ring is 1. The van der Waals surface area contributed by atoms with E-state index in [1.54, 1.807) is 12.1 Å². The SMILES string of the molecule is N#Cc1cccc(N2CCC(C(N)=O)C2)c1N. The summed E-state index contributed by atoms with van der Waals surface area (Å²) in [5, 5.41) is 8.90. The van der Waals surface area contributed by atoms with Gasteiger partial charge in [0.2, 0.25) is 5.91 Å². The highest BCUT2D eigenvalue weighted by Gasteiger charge is 2.27. The number of carbonyl (C=O) groups is 1. The van der Waals surface area contributed by atoms with Crippen LogP contribution < -0.4 is 16.4 Å². The maximum Gasteiger partial charge on any atom is 0.222 e. The van der Waals surface area contributed by atoms with Crippen molar-refractivity contribution in [1.82, 2.24) is 0 Å². The summed E-state index contributed by atoms with van der Waals surface area (Å²) in [7, 11) is 0. The van der Waals surface area contributed by atoms with Crippen LogP contribution in [0.4, 0.5) is 11.4 Å². The van der Waals surface area contributed by atoms with Gasteiger partial charge in [0.1, 0.15) is 6.07 Å². The van der Waals surface area contributed by atoms with Gasteiger partial charge >= 0.3 is 0 Å². The van der Waals surface area contributed by atoms with Crippen molar-refractivity contribution < 1.29 is 4.79 Å². The number of rotatable bonds is 2. The van der Waals surface area contributed by atoms with Gasteiger partial charge in [-0.15, -0.1) is 0 Å². The molecule has 2 rings (SSSR count). The van der Waals surface area contributed by atoms with E-state index in [9.17, 15) is 4.79 Å². The van der Waals surface area contributed by atoms with Crippen molar-refractivity contribution in [2.45, 2.75) is 6.42 Å². The van der Waals surface area contributed by atoms with Crippen molar-refractivity contribution in [3.63, 3.8) is 0 Å². The third kappa shape index (κ3) is 2.02. The van der Waals surface area contributed by atoms with Gasteiger partial charge in [-0.2, -0.15) is 5.26 Å². The first kappa shape index (κ1) is 11.3. The molecule has 1 atom stereocenters. The van der Waals surface area contributed by atoms with Gasteiger partial charge in [0, 0.05) is 13.1 Å². The number of hydrogen-bond donors (Lipinski definition) is 2. The number of nitriles is 1. The summed E-state index contributed by atoms with van der Waals surface area (Å²) in [4.78, 5) is 13.1. The first-order chi connectivity index (χ1) is 8.13. The van der Waals surface area contributed by atoms with Crippen molar-refractivity contribution in [1.29, 1.82) is 5.26 Å². The summed E-state index contributed by atoms with van der Waals surface area (Å²) in [5.74, 6) is -0.400. The van der Waals surface area contributed by atoms with Gasteiger partial charge in [0.15, 0.2) is 0 Å². The lowest BCUT2D eigenvalue weighted by Gasteiger charge is -2.20. The molecule has 1 aromatic carbocycles. The minimum atomic E-state index is -0.275. The van der Waals surface area contributed by atoms with Crippen LogP contribution in [0.2, 0.25) is 0 Å². The Bertz CT molecular complexity index is 492. The minimum Gasteiger partial charge on any atom is -0.396 e. The molecule has 0 spiro atoms. The molecule has 4 N–H and O–H groups in total. The standard InChI is InChI=1S/C12H14N4O/c13-6-8-2-1-3-10(11(8)14)16-5-4-9(7-16)12(15)17/h1-3,9H,4-5,7,14H2,(H2,15,17). The molecule has 1 saturated heterocycles. The van der Waals surface area contributed by atoms with Gasteiger partial charge in [-0.1, -0.05) is 6.07 Å². The third-order valence-corrected chi connectivity index (χ3v) is 3.13. The van der Waals surface area contributed by atoms with E-state index in [0.717, 1.165) is 18.7 Å². The zero-order chi connectivity index (χ0) is 12.4. The molecule has 0 aromatic heterocycles. The van der Waals surface area contributed by atoms with Crippen molar-refractivity contribution in [3.05, 3.63) is 23.8 Å². The van der Waals surface area contributed by atoms with Crippen LogP contribution in [0.5, 0.6) is 0 Å². The van der Waals surface area contributed by atoms with E-state index in [2.05, 4.69) is 0 Å². The zero-order valence-electron chi connectivity index (χ0n) is 9.39. The highest BCUT2D eigenvalue weighted by molar-refractivity contribution is 5.80. The van der Waals surface area contributed by atoms with E-state index in [0.29, 0.717) is 17.8 Å². The number of anilines is 2. The van der Waals surface area contributed by atoms with Crippen LogP contribution in [-0.4, -0.2) is 19.0 Å². The molecule has 5 nitrogen and oxygen atoms in total. The average Bonchev–Trinajstić information content (AvgIpc) is 2.78. The summed E-state index contributed by atoms with van der Waals surface area (Å²) < 4.78 is 0. The number of amides is 1. The van der Waals surface area contributed by atoms with E-state index >= 15 is 0 Å². The molecule has 0 bridgehead atoms. The van der Waals surface area contributed by atoms with Crippen LogP contribution in [0.25, 0.3) is 0 Å². The topological polar surface area (TPSA) is 96.1 Å². The largest absolute Gasteiger partial charge is 0.396 e. The molecule has 1 amide bonds. The summed E-state index contributed by atoms with van der Waals surface area (Å²) >= 11 is 0. The van der Waals surface area contributed by atoms with Crippen molar-refractivity contribution in [3.8, 4) is 6.07 Å². The Kier molecular flexibility index (Phi) is 2.88. The van der Waals surface area contributed by atoms with Crippen molar-refractivity contribution >= 4 is 17.3 Å². The van der Waals surface area contributed by atoms with Crippen molar-refractivity contribution in [2.24, 2.45) is 11.7 Å². The zero-order valence-corrected chi connectivity index (χ0v) is 9.39. The lowest BCUT2D eigenvalue weighted by Crippen LogP contribution is -2.27. The Balaban J connectivity index is 2.25. The highest BCUT2D eigenvalue weighted by atomic mass is 16.1. The first-order valence-corrected chi connectivity index (χ1v) is 5.46. The van der Waals surface area contributed by atoms with Crippen LogP contribution in [-0.2, 0) is 4.79 Å². The fourth-order valence-corrected chi connectivity index (χ4v) is 2.14. The van der Waals surface area contributed by atoms with Gasteiger partial charge < -0.3 is 16.4 Å². The molecule has 17 heavy (non-hydrogen) atoms. The second kappa shape index (κ2) is 4.34. The van der Waals surface area contributed by atoms with Crippen LogP contribution in [0.15, 0.2) is 18.2 Å². The average molecular weight is 230 g/mol. The predicted octanol–water partition coefficient (Wildman–Crippen LogP) is 0.452. The molecule has 1 aliphatic rings. The Morgan fingerprint density at radius 1 is 1.53 bits per heavy atom. The van der Waals surface area contributed by atoms with Gasteiger partial charge in [-0.25, -0.2) is 0 Å². The van der Waals surface area contributed by atoms with Crippen LogP contribution in [0.3, 0.4) is 0 Å². The summed E-state index contributed by atoms with van der Waals surface area (Å²) in [5.41, 5.74) is 12.9. The number of nitrogens with zero attached hydrogens (tertiary/aromatic N) is 2. The van der Waals surface area contributed by atoms with E-state index in [1.807, 2.05) is 17.0 Å². The van der Waals surface area contributed by atoms with Gasteiger partial charge in [0.05, 0.1) is 22.9 Å². The molecule has 0 radical (unpaired) electrons. The molecule has 0 aliphatic carbocycles. The van der Waals surface area contributed by atoms with E-state index in [4.69, 9.17) is 16.7 Å². The lowest BCUT2D eigenvalue weighted by molar-refractivity contribution is -0.121. The van der Waals surface area contributed by atoms with E-state index in [-0.39, 0.29) is 11.8 Å². The summed E-state index contributed by atoms with van der Waals surface area (Å²) in [6, 6.07) is 7.38. The molecule has 1 unspecified atom stereocenters. The second-order valence-electron chi connectivity index (χ2n) is 4.18. The minimum absolute atomic E-state index is 0.125.